The average molecular weight is 566 g/mol. The number of nitrogens with zero attached hydrogens (tertiary/aromatic N) is 9. The molecule has 1 aromatic carbocycles. The van der Waals surface area contributed by atoms with E-state index >= 15 is 0 Å². The summed E-state index contributed by atoms with van der Waals surface area (Å²) < 4.78 is 3.81. The van der Waals surface area contributed by atoms with Gasteiger partial charge in [-0.1, -0.05) is 31.2 Å². The third kappa shape index (κ3) is 4.62. The van der Waals surface area contributed by atoms with Crippen LogP contribution in [-0.4, -0.2) is 69.0 Å². The van der Waals surface area contributed by atoms with E-state index in [-0.39, 0.29) is 11.7 Å². The minimum absolute atomic E-state index is 0.135. The Morgan fingerprint density at radius 3 is 2.50 bits per heavy atom. The van der Waals surface area contributed by atoms with E-state index in [9.17, 15) is 15.0 Å². The first-order chi connectivity index (χ1) is 20.4. The van der Waals surface area contributed by atoms with Gasteiger partial charge in [0, 0.05) is 54.3 Å². The molecule has 42 heavy (non-hydrogen) atoms. The van der Waals surface area contributed by atoms with Crippen LogP contribution in [0, 0.1) is 5.92 Å². The van der Waals surface area contributed by atoms with Gasteiger partial charge in [0.1, 0.15) is 17.0 Å². The summed E-state index contributed by atoms with van der Waals surface area (Å²) in [5.74, 6) is 0.0533. The van der Waals surface area contributed by atoms with Gasteiger partial charge in [0.25, 0.3) is 0 Å². The van der Waals surface area contributed by atoms with Crippen LogP contribution in [0.1, 0.15) is 56.8 Å². The maximum atomic E-state index is 11.7. The van der Waals surface area contributed by atoms with Gasteiger partial charge in [-0.15, -0.1) is 15.3 Å². The van der Waals surface area contributed by atoms with Crippen LogP contribution in [0.4, 0.5) is 5.95 Å². The molecule has 5 aromatic rings. The van der Waals surface area contributed by atoms with Crippen LogP contribution in [0.3, 0.4) is 0 Å². The molecule has 4 aromatic heterocycles. The number of aromatic nitrogens is 8. The number of fused-ring (bicyclic) bond motifs is 1. The van der Waals surface area contributed by atoms with Crippen molar-refractivity contribution in [2.24, 2.45) is 5.92 Å². The average Bonchev–Trinajstić information content (AvgIpc) is 3.34. The lowest BCUT2D eigenvalue weighted by atomic mass is 10.1. The zero-order valence-corrected chi connectivity index (χ0v) is 23.4. The Bertz CT molecular complexity index is 1770. The second-order valence-electron chi connectivity index (χ2n) is 11.5. The zero-order chi connectivity index (χ0) is 29.0. The first-order valence-corrected chi connectivity index (χ1v) is 14.3. The van der Waals surface area contributed by atoms with Crippen LogP contribution in [-0.2, 0) is 4.79 Å². The highest BCUT2D eigenvalue weighted by atomic mass is 16.4. The van der Waals surface area contributed by atoms with Gasteiger partial charge >= 0.3 is 5.97 Å². The lowest BCUT2D eigenvalue weighted by Crippen LogP contribution is -2.24. The zero-order valence-electron chi connectivity index (χ0n) is 23.4. The summed E-state index contributed by atoms with van der Waals surface area (Å²) in [6, 6.07) is 11.1. The van der Waals surface area contributed by atoms with Crippen molar-refractivity contribution in [3.63, 3.8) is 0 Å². The molecular weight excluding hydrogens is 534 g/mol. The molecule has 12 heteroatoms. The molecule has 1 saturated carbocycles. The first kappa shape index (κ1) is 26.1. The highest BCUT2D eigenvalue weighted by Gasteiger charge is 2.34. The Labute approximate surface area is 241 Å². The summed E-state index contributed by atoms with van der Waals surface area (Å²) in [6.07, 6.45) is 8.31. The normalized spacial score (nSPS) is 17.8. The number of hydrogen-bond donors (Lipinski definition) is 2. The molecule has 1 aliphatic heterocycles. The van der Waals surface area contributed by atoms with Gasteiger partial charge in [0.15, 0.2) is 6.04 Å². The maximum absolute atomic E-state index is 11.7. The highest BCUT2D eigenvalue weighted by molar-refractivity contribution is 5.82. The number of rotatable bonds is 8. The van der Waals surface area contributed by atoms with E-state index in [1.54, 1.807) is 30.7 Å². The molecular formula is C30H31N9O3. The van der Waals surface area contributed by atoms with Crippen molar-refractivity contribution in [2.75, 3.05) is 18.0 Å². The number of benzene rings is 1. The molecule has 0 spiro atoms. The Morgan fingerprint density at radius 1 is 1.00 bits per heavy atom. The van der Waals surface area contributed by atoms with E-state index in [0.717, 1.165) is 43.4 Å². The minimum atomic E-state index is -0.944. The van der Waals surface area contributed by atoms with Crippen molar-refractivity contribution < 1.29 is 15.0 Å². The SMILES string of the molecule is CC(C)C(C(=O)O)n1cc(-c2cnc(N3CC[C@H](c4cc5nnc(-c6ccccc6O)cc5n4C4CC4)C3)nc2)nn1. The van der Waals surface area contributed by atoms with Gasteiger partial charge in [-0.25, -0.2) is 19.4 Å². The van der Waals surface area contributed by atoms with Crippen molar-refractivity contribution in [1.82, 2.24) is 39.7 Å². The van der Waals surface area contributed by atoms with Crippen molar-refractivity contribution in [2.45, 2.75) is 51.1 Å². The third-order valence-electron chi connectivity index (χ3n) is 8.22. The first-order valence-electron chi connectivity index (χ1n) is 14.3. The van der Waals surface area contributed by atoms with Crippen LogP contribution in [0.25, 0.3) is 33.5 Å². The monoisotopic (exact) mass is 565 g/mol. The number of aliphatic carboxylic acids is 1. The van der Waals surface area contributed by atoms with E-state index in [4.69, 9.17) is 0 Å². The van der Waals surface area contributed by atoms with Gasteiger partial charge in [-0.05, 0) is 49.4 Å². The van der Waals surface area contributed by atoms with E-state index in [2.05, 4.69) is 46.0 Å². The molecule has 2 fully saturated rings. The number of phenolic OH excluding ortho intramolecular Hbond substituents is 1. The molecule has 1 aliphatic carbocycles. The van der Waals surface area contributed by atoms with E-state index in [1.165, 1.54) is 10.4 Å². The Morgan fingerprint density at radius 2 is 1.79 bits per heavy atom. The number of aromatic hydroxyl groups is 1. The van der Waals surface area contributed by atoms with Gasteiger partial charge in [-0.3, -0.25) is 0 Å². The third-order valence-corrected chi connectivity index (χ3v) is 8.22. The molecule has 12 nitrogen and oxygen atoms in total. The number of para-hydroxylation sites is 1. The van der Waals surface area contributed by atoms with Crippen molar-refractivity contribution in [3.05, 3.63) is 60.7 Å². The second-order valence-corrected chi connectivity index (χ2v) is 11.5. The number of anilines is 1. The summed E-state index contributed by atoms with van der Waals surface area (Å²) in [5.41, 5.74) is 5.73. The van der Waals surface area contributed by atoms with Crippen molar-refractivity contribution >= 4 is 23.0 Å². The molecule has 5 heterocycles. The summed E-state index contributed by atoms with van der Waals surface area (Å²) in [5, 5.41) is 37.1. The van der Waals surface area contributed by atoms with Gasteiger partial charge < -0.3 is 19.7 Å². The smallest absolute Gasteiger partial charge is 0.328 e. The van der Waals surface area contributed by atoms with Gasteiger partial charge in [-0.2, -0.15) is 0 Å². The van der Waals surface area contributed by atoms with Crippen molar-refractivity contribution in [3.8, 4) is 28.3 Å². The number of carboxylic acid groups (broad SMARTS) is 1. The molecule has 0 radical (unpaired) electrons. The Kier molecular flexibility index (Phi) is 6.33. The predicted molar refractivity (Wildman–Crippen MR) is 155 cm³/mol. The standard InChI is InChI=1S/C30H31N9O3/c1-17(2)28(29(41)42)38-16-24(35-36-38)19-13-31-30(32-14-19)37-10-9-18(15-37)25-12-23-26(39(25)20-7-8-20)11-22(33-34-23)21-5-3-4-6-27(21)40/h3-6,11-14,16-18,20,28,40H,7-10,15H2,1-2H3,(H,41,42)/t18-,28?/m0/s1. The van der Waals surface area contributed by atoms with Gasteiger partial charge in [0.2, 0.25) is 5.95 Å². The van der Waals surface area contributed by atoms with Crippen LogP contribution >= 0.6 is 0 Å². The van der Waals surface area contributed by atoms with E-state index in [0.29, 0.717) is 40.4 Å². The maximum Gasteiger partial charge on any atom is 0.328 e. The lowest BCUT2D eigenvalue weighted by Gasteiger charge is -2.18. The fraction of sp³-hybridized carbons (Fsp3) is 0.367. The number of phenols is 1. The molecule has 214 valence electrons. The lowest BCUT2D eigenvalue weighted by molar-refractivity contribution is -0.142. The number of carbonyl (C=O) groups is 1. The Hall–Kier alpha value is -4.87. The summed E-state index contributed by atoms with van der Waals surface area (Å²) in [4.78, 5) is 23.1. The number of carboxylic acids is 1. The van der Waals surface area contributed by atoms with Crippen LogP contribution in [0.2, 0.25) is 0 Å². The molecule has 2 N–H and O–H groups in total. The quantitative estimate of drug-likeness (QED) is 0.276. The van der Waals surface area contributed by atoms with Crippen LogP contribution in [0.15, 0.2) is 55.0 Å². The molecule has 1 unspecified atom stereocenters. The Balaban J connectivity index is 1.12. The van der Waals surface area contributed by atoms with E-state index < -0.39 is 12.0 Å². The number of hydrogen-bond acceptors (Lipinski definition) is 9. The second kappa shape index (κ2) is 10.2. The van der Waals surface area contributed by atoms with Crippen molar-refractivity contribution in [1.29, 1.82) is 0 Å². The fourth-order valence-electron chi connectivity index (χ4n) is 5.96. The summed E-state index contributed by atoms with van der Waals surface area (Å²) in [7, 11) is 0. The molecule has 0 bridgehead atoms. The van der Waals surface area contributed by atoms with Crippen LogP contribution in [0.5, 0.6) is 5.75 Å². The van der Waals surface area contributed by atoms with Crippen LogP contribution < -0.4 is 4.90 Å². The van der Waals surface area contributed by atoms with E-state index in [1.807, 2.05) is 32.0 Å². The fourth-order valence-corrected chi connectivity index (χ4v) is 5.96. The minimum Gasteiger partial charge on any atom is -0.507 e. The molecule has 2 aliphatic rings. The largest absolute Gasteiger partial charge is 0.507 e. The molecule has 1 saturated heterocycles. The topological polar surface area (TPSA) is 148 Å². The summed E-state index contributed by atoms with van der Waals surface area (Å²) >= 11 is 0. The molecule has 2 atom stereocenters. The predicted octanol–water partition coefficient (Wildman–Crippen LogP) is 4.46. The molecule has 0 amide bonds. The summed E-state index contributed by atoms with van der Waals surface area (Å²) in [6.45, 7) is 5.29. The highest BCUT2D eigenvalue weighted by Crippen LogP contribution is 2.43. The molecule has 7 rings (SSSR count). The van der Waals surface area contributed by atoms with Gasteiger partial charge in [0.05, 0.1) is 17.4 Å².